The van der Waals surface area contributed by atoms with Crippen molar-refractivity contribution in [2.45, 2.75) is 139 Å². The Morgan fingerprint density at radius 2 is 1.91 bits per heavy atom. The van der Waals surface area contributed by atoms with Crippen LogP contribution in [0.5, 0.6) is 6.01 Å². The second-order valence-electron chi connectivity index (χ2n) is 16.9. The van der Waals surface area contributed by atoms with Gasteiger partial charge in [-0.1, -0.05) is 31.4 Å². The highest BCUT2D eigenvalue weighted by Crippen LogP contribution is 2.42. The molecule has 3 atom stereocenters. The molecule has 2 saturated carbocycles. The molecule has 3 heterocycles. The number of ether oxygens (including phenoxy) is 1. The minimum absolute atomic E-state index is 0.0576. The third-order valence-electron chi connectivity index (χ3n) is 13.2. The number of anilines is 2. The number of likely N-dealkylation sites (tertiary alicyclic amines) is 1. The van der Waals surface area contributed by atoms with Crippen molar-refractivity contribution in [3.05, 3.63) is 53.0 Å². The predicted octanol–water partition coefficient (Wildman–Crippen LogP) is 6.15. The van der Waals surface area contributed by atoms with Crippen molar-refractivity contribution in [3.63, 3.8) is 0 Å². The Balaban J connectivity index is 1.18. The lowest BCUT2D eigenvalue weighted by atomic mass is 9.82. The molecule has 9 nitrogen and oxygen atoms in total. The smallest absolute Gasteiger partial charge is 0.318 e. The van der Waals surface area contributed by atoms with Crippen molar-refractivity contribution in [2.24, 2.45) is 0 Å². The van der Waals surface area contributed by atoms with E-state index in [1.807, 2.05) is 24.9 Å². The van der Waals surface area contributed by atoms with Crippen molar-refractivity contribution < 1.29 is 23.4 Å². The number of alkyl halides is 1. The zero-order valence-corrected chi connectivity index (χ0v) is 31.7. The van der Waals surface area contributed by atoms with Crippen LogP contribution in [0.15, 0.2) is 24.8 Å². The molecule has 53 heavy (non-hydrogen) atoms. The zero-order valence-electron chi connectivity index (χ0n) is 31.7. The summed E-state index contributed by atoms with van der Waals surface area (Å²) < 4.78 is 36.7. The number of aromatic nitrogens is 2. The molecule has 11 heteroatoms. The van der Waals surface area contributed by atoms with E-state index in [-0.39, 0.29) is 42.0 Å². The quantitative estimate of drug-likeness (QED) is 0.222. The second kappa shape index (κ2) is 14.8. The van der Waals surface area contributed by atoms with Gasteiger partial charge >= 0.3 is 6.01 Å². The van der Waals surface area contributed by atoms with Gasteiger partial charge in [-0.2, -0.15) is 9.97 Å². The van der Waals surface area contributed by atoms with Crippen LogP contribution in [-0.4, -0.2) is 99.0 Å². The van der Waals surface area contributed by atoms with Gasteiger partial charge in [-0.25, -0.2) is 8.78 Å². The summed E-state index contributed by atoms with van der Waals surface area (Å²) in [7, 11) is 1.86. The van der Waals surface area contributed by atoms with Crippen molar-refractivity contribution in [1.82, 2.24) is 19.8 Å². The number of terminal acetylenes is 1. The highest BCUT2D eigenvalue weighted by atomic mass is 19.1. The fourth-order valence-corrected chi connectivity index (χ4v) is 10.1. The molecule has 1 aromatic heterocycles. The van der Waals surface area contributed by atoms with E-state index >= 15 is 8.78 Å². The molecule has 2 aromatic rings. The lowest BCUT2D eigenvalue weighted by Gasteiger charge is -2.44. The summed E-state index contributed by atoms with van der Waals surface area (Å²) in [5, 5.41) is 14.2. The van der Waals surface area contributed by atoms with Crippen LogP contribution in [0.1, 0.15) is 107 Å². The van der Waals surface area contributed by atoms with E-state index in [1.165, 1.54) is 12.1 Å². The van der Waals surface area contributed by atoms with E-state index in [1.54, 1.807) is 0 Å². The Labute approximate surface area is 313 Å². The first-order valence-electron chi connectivity index (χ1n) is 19.7. The van der Waals surface area contributed by atoms with E-state index in [0.717, 1.165) is 86.8 Å². The van der Waals surface area contributed by atoms with Crippen LogP contribution in [-0.2, 0) is 24.1 Å². The number of carbonyl (C=O) groups excluding carboxylic acids is 1. The van der Waals surface area contributed by atoms with Crippen LogP contribution >= 0.6 is 0 Å². The van der Waals surface area contributed by atoms with Crippen LogP contribution in [0, 0.1) is 18.2 Å². The molecule has 3 aliphatic carbocycles. The van der Waals surface area contributed by atoms with Crippen molar-refractivity contribution >= 4 is 17.4 Å². The van der Waals surface area contributed by atoms with E-state index in [0.29, 0.717) is 56.6 Å². The SMILES string of the molecule is C#Cc1c(F)ccc2c1N([C@H]1CCc3c(nc(OC[C@]4(C)C[C@@H](F)CN4C4CCC(C)(O)CC4)nc3NCC3(N(C)C(=O)C=C)CCCC3)C1)CCC2. The molecule has 1 aromatic carbocycles. The first kappa shape index (κ1) is 37.6. The van der Waals surface area contributed by atoms with Crippen molar-refractivity contribution in [1.29, 1.82) is 0 Å². The van der Waals surface area contributed by atoms with Gasteiger partial charge in [0.05, 0.1) is 33.6 Å². The average Bonchev–Trinajstić information content (AvgIpc) is 3.76. The number of amides is 1. The number of nitrogens with zero attached hydrogens (tertiary/aromatic N) is 5. The van der Waals surface area contributed by atoms with Crippen LogP contribution in [0.2, 0.25) is 0 Å². The van der Waals surface area contributed by atoms with E-state index in [9.17, 15) is 9.90 Å². The Kier molecular flexibility index (Phi) is 10.5. The van der Waals surface area contributed by atoms with E-state index in [2.05, 4.69) is 34.5 Å². The number of aliphatic hydroxyl groups is 1. The topological polar surface area (TPSA) is 94.1 Å². The molecule has 0 spiro atoms. The molecule has 1 saturated heterocycles. The molecular weight excluding hydrogens is 674 g/mol. The van der Waals surface area contributed by atoms with Crippen LogP contribution in [0.4, 0.5) is 20.3 Å². The maximum Gasteiger partial charge on any atom is 0.318 e. The number of halogens is 2. The summed E-state index contributed by atoms with van der Waals surface area (Å²) in [5.74, 6) is 2.86. The number of rotatable bonds is 10. The summed E-state index contributed by atoms with van der Waals surface area (Å²) in [6.45, 7) is 9.57. The van der Waals surface area contributed by atoms with Crippen LogP contribution in [0.3, 0.4) is 0 Å². The molecule has 3 fully saturated rings. The lowest BCUT2D eigenvalue weighted by Crippen LogP contribution is -2.53. The number of hydrogen-bond donors (Lipinski definition) is 2. The van der Waals surface area contributed by atoms with Gasteiger partial charge in [0.15, 0.2) is 0 Å². The Bertz CT molecular complexity index is 1740. The van der Waals surface area contributed by atoms with Crippen molar-refractivity contribution in [3.8, 4) is 18.4 Å². The van der Waals surface area contributed by atoms with Gasteiger partial charge < -0.3 is 25.0 Å². The molecule has 0 unspecified atom stereocenters. The number of fused-ring (bicyclic) bond motifs is 2. The molecule has 2 N–H and O–H groups in total. The average molecular weight is 731 g/mol. The summed E-state index contributed by atoms with van der Waals surface area (Å²) in [4.78, 5) is 29.2. The minimum atomic E-state index is -0.962. The summed E-state index contributed by atoms with van der Waals surface area (Å²) in [6.07, 6.45) is 17.5. The predicted molar refractivity (Wildman–Crippen MR) is 204 cm³/mol. The molecule has 5 aliphatic rings. The Hall–Kier alpha value is -3.75. The van der Waals surface area contributed by atoms with Crippen LogP contribution in [0.25, 0.3) is 0 Å². The Morgan fingerprint density at radius 3 is 2.62 bits per heavy atom. The third kappa shape index (κ3) is 7.38. The van der Waals surface area contributed by atoms with E-state index < -0.39 is 17.3 Å². The van der Waals surface area contributed by atoms with Gasteiger partial charge in [0.2, 0.25) is 5.91 Å². The van der Waals surface area contributed by atoms with Gasteiger partial charge in [-0.15, -0.1) is 6.42 Å². The minimum Gasteiger partial charge on any atom is -0.461 e. The van der Waals surface area contributed by atoms with Gasteiger partial charge in [-0.3, -0.25) is 9.69 Å². The summed E-state index contributed by atoms with van der Waals surface area (Å²) in [5.41, 5.74) is 2.53. The number of aryl methyl sites for hydroxylation is 1. The fraction of sp³-hybridized carbons (Fsp3) is 0.643. The summed E-state index contributed by atoms with van der Waals surface area (Å²) >= 11 is 0. The molecule has 0 radical (unpaired) electrons. The largest absolute Gasteiger partial charge is 0.461 e. The standard InChI is InChI=1S/C42H56F2N6O3/c1-6-32-34(44)15-12-28-11-10-22-49(37(28)32)31-13-14-33-35(23-31)46-39(47-38(33)45-26-42(18-8-9-19-42)48(5)36(51)7-2)53-27-40(3)24-29(43)25-50(40)30-16-20-41(4,52)21-17-30/h1,7,12,15,29-31,52H,2,8-11,13-14,16-27H2,3-5H3,(H,45,46,47)/t29-,30?,31+,40+,41?/m1/s1. The summed E-state index contributed by atoms with van der Waals surface area (Å²) in [6, 6.07) is 3.82. The lowest BCUT2D eigenvalue weighted by molar-refractivity contribution is -0.129. The van der Waals surface area contributed by atoms with Gasteiger partial charge in [-0.05, 0) is 95.8 Å². The first-order chi connectivity index (χ1) is 25.3. The Morgan fingerprint density at radius 1 is 1.15 bits per heavy atom. The molecular formula is C42H56F2N6O3. The van der Waals surface area contributed by atoms with Gasteiger partial charge in [0, 0.05) is 57.2 Å². The molecule has 2 aliphatic heterocycles. The first-order valence-corrected chi connectivity index (χ1v) is 19.7. The normalized spacial score (nSPS) is 29.5. The molecule has 1 amide bonds. The fourth-order valence-electron chi connectivity index (χ4n) is 10.1. The molecule has 7 rings (SSSR count). The second-order valence-corrected chi connectivity index (χ2v) is 16.9. The number of benzene rings is 1. The van der Waals surface area contributed by atoms with E-state index in [4.69, 9.17) is 21.1 Å². The molecule has 286 valence electrons. The van der Waals surface area contributed by atoms with Crippen molar-refractivity contribution in [2.75, 3.05) is 43.5 Å². The number of hydrogen-bond acceptors (Lipinski definition) is 8. The van der Waals surface area contributed by atoms with Gasteiger partial charge in [0.25, 0.3) is 0 Å². The van der Waals surface area contributed by atoms with Gasteiger partial charge in [0.1, 0.15) is 24.4 Å². The maximum atomic E-state index is 15.2. The number of nitrogens with one attached hydrogen (secondary N) is 1. The zero-order chi connectivity index (χ0) is 37.5. The third-order valence-corrected chi connectivity index (χ3v) is 13.2. The highest BCUT2D eigenvalue weighted by Gasteiger charge is 2.48. The monoisotopic (exact) mass is 730 g/mol. The highest BCUT2D eigenvalue weighted by molar-refractivity contribution is 5.87. The number of likely N-dealkylation sites (N-methyl/N-ethyl adjacent to an activating group) is 1. The molecule has 0 bridgehead atoms. The number of carbonyl (C=O) groups is 1. The van der Waals surface area contributed by atoms with Crippen LogP contribution < -0.4 is 15.0 Å². The maximum absolute atomic E-state index is 15.2.